The third-order valence-corrected chi connectivity index (χ3v) is 3.92. The zero-order chi connectivity index (χ0) is 13.0. The van der Waals surface area contributed by atoms with Gasteiger partial charge in [-0.2, -0.15) is 0 Å². The fraction of sp³-hybridized carbons (Fsp3) is 0.286. The van der Waals surface area contributed by atoms with Gasteiger partial charge in [-0.25, -0.2) is 0 Å². The Balaban J connectivity index is 2.04. The molecule has 0 saturated carbocycles. The largest absolute Gasteiger partial charge is 0.366 e. The van der Waals surface area contributed by atoms with Crippen molar-refractivity contribution in [3.8, 4) is 0 Å². The first-order valence-corrected chi connectivity index (χ1v) is 7.02. The highest BCUT2D eigenvalue weighted by Crippen LogP contribution is 2.31. The summed E-state index contributed by atoms with van der Waals surface area (Å²) in [5, 5.41) is 0. The van der Waals surface area contributed by atoms with Crippen molar-refractivity contribution in [3.63, 3.8) is 0 Å². The molecule has 1 aromatic carbocycles. The lowest BCUT2D eigenvalue weighted by Gasteiger charge is -2.20. The monoisotopic (exact) mass is 281 g/mol. The summed E-state index contributed by atoms with van der Waals surface area (Å²) in [5.74, 6) is 0. The summed E-state index contributed by atoms with van der Waals surface area (Å²) in [6.45, 7) is 2.51. The molecule has 2 aromatic rings. The average Bonchev–Trinajstić information content (AvgIpc) is 2.77. The standard InChI is InChI=1S/C14H16ClNOS/c1-10(16)14(12-7-8-13(15)18-12)17-9-11-5-3-2-4-6-11/h2-8,10,14H,9,16H2,1H3. The van der Waals surface area contributed by atoms with Gasteiger partial charge >= 0.3 is 0 Å². The van der Waals surface area contributed by atoms with Crippen molar-refractivity contribution < 1.29 is 4.74 Å². The van der Waals surface area contributed by atoms with E-state index in [9.17, 15) is 0 Å². The Labute approximate surface area is 116 Å². The zero-order valence-electron chi connectivity index (χ0n) is 10.2. The fourth-order valence-electron chi connectivity index (χ4n) is 1.73. The molecule has 1 heterocycles. The van der Waals surface area contributed by atoms with Crippen LogP contribution in [0.1, 0.15) is 23.5 Å². The fourth-order valence-corrected chi connectivity index (χ4v) is 2.96. The summed E-state index contributed by atoms with van der Waals surface area (Å²) in [7, 11) is 0. The molecule has 2 nitrogen and oxygen atoms in total. The van der Waals surface area contributed by atoms with Gasteiger partial charge in [-0.1, -0.05) is 41.9 Å². The molecule has 0 aliphatic heterocycles. The van der Waals surface area contributed by atoms with Crippen molar-refractivity contribution in [2.75, 3.05) is 0 Å². The van der Waals surface area contributed by atoms with Gasteiger partial charge < -0.3 is 10.5 Å². The second kappa shape index (κ2) is 6.34. The summed E-state index contributed by atoms with van der Waals surface area (Å²) < 4.78 is 6.68. The van der Waals surface area contributed by atoms with Crippen LogP contribution in [0.15, 0.2) is 42.5 Å². The van der Waals surface area contributed by atoms with Crippen LogP contribution in [0.5, 0.6) is 0 Å². The molecule has 0 saturated heterocycles. The zero-order valence-corrected chi connectivity index (χ0v) is 11.7. The lowest BCUT2D eigenvalue weighted by Crippen LogP contribution is -2.26. The summed E-state index contributed by atoms with van der Waals surface area (Å²) in [5.41, 5.74) is 7.12. The Morgan fingerprint density at radius 2 is 1.94 bits per heavy atom. The lowest BCUT2D eigenvalue weighted by molar-refractivity contribution is 0.0282. The van der Waals surface area contributed by atoms with Crippen LogP contribution in [-0.2, 0) is 11.3 Å². The number of ether oxygens (including phenoxy) is 1. The van der Waals surface area contributed by atoms with Crippen LogP contribution in [0.2, 0.25) is 4.34 Å². The van der Waals surface area contributed by atoms with Crippen LogP contribution >= 0.6 is 22.9 Å². The van der Waals surface area contributed by atoms with Gasteiger partial charge in [0.15, 0.2) is 0 Å². The number of halogens is 1. The maximum Gasteiger partial charge on any atom is 0.107 e. The van der Waals surface area contributed by atoms with Crippen LogP contribution in [0.25, 0.3) is 0 Å². The SMILES string of the molecule is CC(N)C(OCc1ccccc1)c1ccc(Cl)s1. The maximum absolute atomic E-state index is 5.98. The van der Waals surface area contributed by atoms with Gasteiger partial charge in [-0.3, -0.25) is 0 Å². The highest BCUT2D eigenvalue weighted by molar-refractivity contribution is 7.16. The van der Waals surface area contributed by atoms with E-state index in [-0.39, 0.29) is 12.1 Å². The third kappa shape index (κ3) is 3.56. The molecule has 0 spiro atoms. The number of thiophene rings is 1. The van der Waals surface area contributed by atoms with E-state index in [1.165, 1.54) is 11.3 Å². The van der Waals surface area contributed by atoms with E-state index in [0.29, 0.717) is 6.61 Å². The van der Waals surface area contributed by atoms with E-state index in [4.69, 9.17) is 22.1 Å². The van der Waals surface area contributed by atoms with Gasteiger partial charge in [0.1, 0.15) is 6.10 Å². The second-order valence-corrected chi connectivity index (χ2v) is 5.96. The normalized spacial score (nSPS) is 14.4. The molecule has 2 N–H and O–H groups in total. The van der Waals surface area contributed by atoms with E-state index < -0.39 is 0 Å². The molecule has 4 heteroatoms. The van der Waals surface area contributed by atoms with E-state index in [0.717, 1.165) is 14.8 Å². The number of rotatable bonds is 5. The lowest BCUT2D eigenvalue weighted by atomic mass is 10.1. The molecule has 0 amide bonds. The van der Waals surface area contributed by atoms with E-state index in [2.05, 4.69) is 0 Å². The number of hydrogen-bond donors (Lipinski definition) is 1. The molecule has 0 aliphatic rings. The Kier molecular flexibility index (Phi) is 4.78. The summed E-state index contributed by atoms with van der Waals surface area (Å²) in [4.78, 5) is 1.07. The van der Waals surface area contributed by atoms with Gasteiger partial charge in [0.25, 0.3) is 0 Å². The van der Waals surface area contributed by atoms with Crippen molar-refractivity contribution in [2.45, 2.75) is 25.7 Å². The first kappa shape index (κ1) is 13.6. The smallest absolute Gasteiger partial charge is 0.107 e. The highest BCUT2D eigenvalue weighted by Gasteiger charge is 2.18. The minimum absolute atomic E-state index is 0.0663. The predicted molar refractivity (Wildman–Crippen MR) is 77.0 cm³/mol. The minimum atomic E-state index is -0.109. The molecule has 96 valence electrons. The van der Waals surface area contributed by atoms with Crippen molar-refractivity contribution in [1.29, 1.82) is 0 Å². The Hall–Kier alpha value is -0.870. The molecule has 2 rings (SSSR count). The van der Waals surface area contributed by atoms with E-state index >= 15 is 0 Å². The minimum Gasteiger partial charge on any atom is -0.366 e. The first-order chi connectivity index (χ1) is 8.66. The molecule has 0 bridgehead atoms. The van der Waals surface area contributed by atoms with Crippen LogP contribution in [-0.4, -0.2) is 6.04 Å². The average molecular weight is 282 g/mol. The predicted octanol–water partition coefficient (Wildman–Crippen LogP) is 4.01. The molecular formula is C14H16ClNOS. The quantitative estimate of drug-likeness (QED) is 0.899. The van der Waals surface area contributed by atoms with Gasteiger partial charge in [-0.05, 0) is 24.6 Å². The number of benzene rings is 1. The number of hydrogen-bond acceptors (Lipinski definition) is 3. The molecule has 18 heavy (non-hydrogen) atoms. The topological polar surface area (TPSA) is 35.2 Å². The van der Waals surface area contributed by atoms with E-state index in [1.807, 2.05) is 49.4 Å². The Bertz CT molecular complexity index is 484. The van der Waals surface area contributed by atoms with Crippen molar-refractivity contribution in [1.82, 2.24) is 0 Å². The number of nitrogens with two attached hydrogens (primary N) is 1. The molecule has 2 unspecified atom stereocenters. The van der Waals surface area contributed by atoms with Gasteiger partial charge in [0.2, 0.25) is 0 Å². The van der Waals surface area contributed by atoms with Crippen LogP contribution in [0.3, 0.4) is 0 Å². The summed E-state index contributed by atoms with van der Waals surface area (Å²) in [6.07, 6.45) is -0.109. The molecule has 2 atom stereocenters. The van der Waals surface area contributed by atoms with Gasteiger partial charge in [0, 0.05) is 10.9 Å². The highest BCUT2D eigenvalue weighted by atomic mass is 35.5. The summed E-state index contributed by atoms with van der Waals surface area (Å²) in [6, 6.07) is 13.9. The Morgan fingerprint density at radius 3 is 2.50 bits per heavy atom. The van der Waals surface area contributed by atoms with Gasteiger partial charge in [-0.15, -0.1) is 11.3 Å². The Morgan fingerprint density at radius 1 is 1.22 bits per heavy atom. The van der Waals surface area contributed by atoms with Crippen molar-refractivity contribution in [3.05, 3.63) is 57.2 Å². The van der Waals surface area contributed by atoms with E-state index in [1.54, 1.807) is 0 Å². The van der Waals surface area contributed by atoms with Crippen LogP contribution in [0, 0.1) is 0 Å². The third-order valence-electron chi connectivity index (χ3n) is 2.62. The molecule has 1 aromatic heterocycles. The summed E-state index contributed by atoms with van der Waals surface area (Å²) >= 11 is 7.47. The molecular weight excluding hydrogens is 266 g/mol. The second-order valence-electron chi connectivity index (χ2n) is 4.22. The van der Waals surface area contributed by atoms with Crippen LogP contribution in [0.4, 0.5) is 0 Å². The maximum atomic E-state index is 5.98. The molecule has 0 fully saturated rings. The van der Waals surface area contributed by atoms with Crippen LogP contribution < -0.4 is 5.73 Å². The first-order valence-electron chi connectivity index (χ1n) is 5.83. The van der Waals surface area contributed by atoms with Crippen molar-refractivity contribution >= 4 is 22.9 Å². The van der Waals surface area contributed by atoms with Crippen molar-refractivity contribution in [2.24, 2.45) is 5.73 Å². The van der Waals surface area contributed by atoms with Gasteiger partial charge in [0.05, 0.1) is 10.9 Å². The molecule has 0 aliphatic carbocycles. The molecule has 0 radical (unpaired) electrons.